The Bertz CT molecular complexity index is 432. The molecule has 0 unspecified atom stereocenters. The van der Waals surface area contributed by atoms with Crippen LogP contribution in [0.3, 0.4) is 0 Å². The van der Waals surface area contributed by atoms with Gasteiger partial charge >= 0.3 is 0 Å². The molecule has 0 aromatic heterocycles. The average Bonchev–Trinajstić information content (AvgIpc) is 2.37. The molecule has 3 nitrogen and oxygen atoms in total. The quantitative estimate of drug-likeness (QED) is 0.856. The lowest BCUT2D eigenvalue weighted by molar-refractivity contribution is 0.0789. The maximum Gasteiger partial charge on any atom is 0.255 e. The van der Waals surface area contributed by atoms with Crippen molar-refractivity contribution in [2.75, 3.05) is 25.5 Å². The Hall–Kier alpha value is -1.58. The molecule has 1 N–H and O–H groups in total. The summed E-state index contributed by atoms with van der Waals surface area (Å²) in [7, 11) is 1.76. The van der Waals surface area contributed by atoms with E-state index in [9.17, 15) is 9.18 Å². The van der Waals surface area contributed by atoms with E-state index in [1.165, 1.54) is 6.07 Å². The molecule has 0 radical (unpaired) electrons. The number of hydrogen-bond donors (Lipinski definition) is 1. The lowest BCUT2D eigenvalue weighted by atomic mass is 10.1. The van der Waals surface area contributed by atoms with Crippen molar-refractivity contribution < 1.29 is 9.18 Å². The molecule has 0 saturated heterocycles. The lowest BCUT2D eigenvalue weighted by Gasteiger charge is -2.20. The first-order valence-electron chi connectivity index (χ1n) is 6.75. The molecule has 0 aliphatic rings. The molecule has 0 fully saturated rings. The highest BCUT2D eigenvalue weighted by atomic mass is 19.1. The molecule has 4 heteroatoms. The van der Waals surface area contributed by atoms with Crippen LogP contribution < -0.4 is 5.32 Å². The monoisotopic (exact) mass is 266 g/mol. The second-order valence-corrected chi connectivity index (χ2v) is 5.10. The number of benzene rings is 1. The SMILES string of the molecule is CCNc1c(F)cccc1C(=O)N(C)CCC(C)C. The van der Waals surface area contributed by atoms with Crippen LogP contribution in [0.15, 0.2) is 18.2 Å². The number of hydrogen-bond acceptors (Lipinski definition) is 2. The van der Waals surface area contributed by atoms with Crippen LogP contribution in [0.1, 0.15) is 37.6 Å². The lowest BCUT2D eigenvalue weighted by Crippen LogP contribution is -2.29. The van der Waals surface area contributed by atoms with Crippen LogP contribution >= 0.6 is 0 Å². The highest BCUT2D eigenvalue weighted by molar-refractivity contribution is 5.99. The molecule has 1 rings (SSSR count). The van der Waals surface area contributed by atoms with Crippen LogP contribution in [0, 0.1) is 11.7 Å². The Kier molecular flexibility index (Phi) is 5.80. The number of carbonyl (C=O) groups is 1. The van der Waals surface area contributed by atoms with Gasteiger partial charge in [-0.15, -0.1) is 0 Å². The highest BCUT2D eigenvalue weighted by Gasteiger charge is 2.18. The summed E-state index contributed by atoms with van der Waals surface area (Å²) in [5.41, 5.74) is 0.694. The Morgan fingerprint density at radius 2 is 2.11 bits per heavy atom. The Labute approximate surface area is 114 Å². The third-order valence-electron chi connectivity index (χ3n) is 2.99. The summed E-state index contributed by atoms with van der Waals surface area (Å²) >= 11 is 0. The number of rotatable bonds is 6. The van der Waals surface area contributed by atoms with Gasteiger partial charge in [-0.25, -0.2) is 4.39 Å². The van der Waals surface area contributed by atoms with Gasteiger partial charge in [0.25, 0.3) is 5.91 Å². The van der Waals surface area contributed by atoms with Gasteiger partial charge in [-0.2, -0.15) is 0 Å². The summed E-state index contributed by atoms with van der Waals surface area (Å²) < 4.78 is 13.7. The third-order valence-corrected chi connectivity index (χ3v) is 2.99. The van der Waals surface area contributed by atoms with Crippen molar-refractivity contribution in [1.82, 2.24) is 4.90 Å². The summed E-state index contributed by atoms with van der Waals surface area (Å²) in [6.07, 6.45) is 0.939. The fraction of sp³-hybridized carbons (Fsp3) is 0.533. The van der Waals surface area contributed by atoms with Crippen LogP contribution in [0.4, 0.5) is 10.1 Å². The van der Waals surface area contributed by atoms with E-state index in [0.29, 0.717) is 30.3 Å². The fourth-order valence-electron chi connectivity index (χ4n) is 1.82. The van der Waals surface area contributed by atoms with Gasteiger partial charge in [0.05, 0.1) is 11.3 Å². The van der Waals surface area contributed by atoms with Crippen LogP contribution in [0.25, 0.3) is 0 Å². The van der Waals surface area contributed by atoms with E-state index < -0.39 is 0 Å². The largest absolute Gasteiger partial charge is 0.382 e. The van der Waals surface area contributed by atoms with Gasteiger partial charge in [-0.05, 0) is 31.4 Å². The maximum absolute atomic E-state index is 13.7. The number of para-hydroxylation sites is 1. The predicted molar refractivity (Wildman–Crippen MR) is 77.0 cm³/mol. The van der Waals surface area contributed by atoms with E-state index >= 15 is 0 Å². The molecule has 1 aromatic rings. The minimum atomic E-state index is -0.384. The van der Waals surface area contributed by atoms with Gasteiger partial charge in [0, 0.05) is 20.1 Å². The van der Waals surface area contributed by atoms with Crippen LogP contribution in [0.5, 0.6) is 0 Å². The van der Waals surface area contributed by atoms with Gasteiger partial charge in [0.1, 0.15) is 5.82 Å². The number of carbonyl (C=O) groups excluding carboxylic acids is 1. The van der Waals surface area contributed by atoms with Crippen LogP contribution in [-0.4, -0.2) is 30.9 Å². The number of amides is 1. The second-order valence-electron chi connectivity index (χ2n) is 5.10. The Morgan fingerprint density at radius 1 is 1.42 bits per heavy atom. The molecular weight excluding hydrogens is 243 g/mol. The van der Waals surface area contributed by atoms with Crippen molar-refractivity contribution in [3.05, 3.63) is 29.6 Å². The first-order valence-corrected chi connectivity index (χ1v) is 6.75. The normalized spacial score (nSPS) is 10.6. The van der Waals surface area contributed by atoms with Crippen molar-refractivity contribution in [2.45, 2.75) is 27.2 Å². The highest BCUT2D eigenvalue weighted by Crippen LogP contribution is 2.21. The number of halogens is 1. The van der Waals surface area contributed by atoms with Gasteiger partial charge in [-0.1, -0.05) is 19.9 Å². The molecule has 0 saturated carbocycles. The molecule has 1 aromatic carbocycles. The summed E-state index contributed by atoms with van der Waals surface area (Å²) in [5, 5.41) is 2.92. The second kappa shape index (κ2) is 7.12. The zero-order valence-corrected chi connectivity index (χ0v) is 12.2. The van der Waals surface area contributed by atoms with Crippen molar-refractivity contribution in [3.63, 3.8) is 0 Å². The van der Waals surface area contributed by atoms with E-state index in [2.05, 4.69) is 19.2 Å². The van der Waals surface area contributed by atoms with Gasteiger partial charge < -0.3 is 10.2 Å². The number of nitrogens with one attached hydrogen (secondary N) is 1. The molecule has 19 heavy (non-hydrogen) atoms. The molecule has 1 amide bonds. The molecule has 0 aliphatic heterocycles. The summed E-state index contributed by atoms with van der Waals surface area (Å²) in [6.45, 7) is 7.37. The standard InChI is InChI=1S/C15H23FN2O/c1-5-17-14-12(7-6-8-13(14)16)15(19)18(4)10-9-11(2)3/h6-8,11,17H,5,9-10H2,1-4H3. The third kappa shape index (κ3) is 4.23. The minimum Gasteiger partial charge on any atom is -0.382 e. The topological polar surface area (TPSA) is 32.3 Å². The van der Waals surface area contributed by atoms with E-state index in [4.69, 9.17) is 0 Å². The van der Waals surface area contributed by atoms with E-state index in [1.807, 2.05) is 6.92 Å². The van der Waals surface area contributed by atoms with Crippen molar-refractivity contribution in [2.24, 2.45) is 5.92 Å². The molecule has 0 spiro atoms. The average molecular weight is 266 g/mol. The summed E-state index contributed by atoms with van der Waals surface area (Å²) in [5.74, 6) is 0.0112. The van der Waals surface area contributed by atoms with Crippen molar-refractivity contribution >= 4 is 11.6 Å². The summed E-state index contributed by atoms with van der Waals surface area (Å²) in [4.78, 5) is 14.0. The van der Waals surface area contributed by atoms with Crippen molar-refractivity contribution in [1.29, 1.82) is 0 Å². The molecular formula is C15H23FN2O. The molecule has 0 bridgehead atoms. The smallest absolute Gasteiger partial charge is 0.255 e. The molecule has 0 heterocycles. The van der Waals surface area contributed by atoms with E-state index in [0.717, 1.165) is 6.42 Å². The van der Waals surface area contributed by atoms with Gasteiger partial charge in [0.15, 0.2) is 0 Å². The molecule has 0 atom stereocenters. The Morgan fingerprint density at radius 3 is 2.68 bits per heavy atom. The van der Waals surface area contributed by atoms with Gasteiger partial charge in [0.2, 0.25) is 0 Å². The molecule has 0 aliphatic carbocycles. The first-order chi connectivity index (χ1) is 8.97. The fourth-order valence-corrected chi connectivity index (χ4v) is 1.82. The van der Waals surface area contributed by atoms with E-state index in [1.54, 1.807) is 24.1 Å². The Balaban J connectivity index is 2.89. The van der Waals surface area contributed by atoms with Crippen LogP contribution in [0.2, 0.25) is 0 Å². The number of anilines is 1. The van der Waals surface area contributed by atoms with Gasteiger partial charge in [-0.3, -0.25) is 4.79 Å². The zero-order valence-electron chi connectivity index (χ0n) is 12.2. The summed E-state index contributed by atoms with van der Waals surface area (Å²) in [6, 6.07) is 4.60. The van der Waals surface area contributed by atoms with Crippen molar-refractivity contribution in [3.8, 4) is 0 Å². The maximum atomic E-state index is 13.7. The van der Waals surface area contributed by atoms with E-state index in [-0.39, 0.29) is 11.7 Å². The zero-order chi connectivity index (χ0) is 14.4. The van der Waals surface area contributed by atoms with Crippen LogP contribution in [-0.2, 0) is 0 Å². The number of nitrogens with zero attached hydrogens (tertiary/aromatic N) is 1. The molecule has 106 valence electrons. The predicted octanol–water partition coefficient (Wildman–Crippen LogP) is 3.38. The first kappa shape index (κ1) is 15.5. The minimum absolute atomic E-state index is 0.142.